The highest BCUT2D eigenvalue weighted by Gasteiger charge is 2.36. The second-order valence-electron chi connectivity index (χ2n) is 8.28. The van der Waals surface area contributed by atoms with Crippen LogP contribution in [-0.4, -0.2) is 24.5 Å². The Morgan fingerprint density at radius 1 is 0.921 bits per heavy atom. The standard InChI is InChI=1S/C28H23Cl2IN2O5/c1-3-16-5-8-19(9-6-16)33-27(35)20(26(34)32-28(33)36)11-18-13-23(31)25(24(14-18)37-4-2)38-15-17-7-10-21(29)22(30)12-17/h5-14H,3-4,15H2,1-2H3,(H,32,34,36)/b20-11-. The minimum absolute atomic E-state index is 0.174. The van der Waals surface area contributed by atoms with E-state index in [1.807, 2.05) is 32.0 Å². The third-order valence-corrected chi connectivity index (χ3v) is 7.25. The molecule has 38 heavy (non-hydrogen) atoms. The summed E-state index contributed by atoms with van der Waals surface area (Å²) in [6.45, 7) is 4.44. The van der Waals surface area contributed by atoms with Gasteiger partial charge < -0.3 is 9.47 Å². The fraction of sp³-hybridized carbons (Fsp3) is 0.179. The molecule has 0 atom stereocenters. The van der Waals surface area contributed by atoms with Gasteiger partial charge in [-0.2, -0.15) is 0 Å². The van der Waals surface area contributed by atoms with Crippen molar-refractivity contribution in [3.05, 3.63) is 90.5 Å². The Labute approximate surface area is 243 Å². The van der Waals surface area contributed by atoms with Crippen LogP contribution >= 0.6 is 45.8 Å². The quantitative estimate of drug-likeness (QED) is 0.163. The number of anilines is 1. The smallest absolute Gasteiger partial charge is 0.335 e. The molecule has 0 radical (unpaired) electrons. The number of imide groups is 2. The van der Waals surface area contributed by atoms with Crippen LogP contribution < -0.4 is 19.7 Å². The van der Waals surface area contributed by atoms with Crippen molar-refractivity contribution >= 4 is 75.4 Å². The van der Waals surface area contributed by atoms with E-state index in [-0.39, 0.29) is 12.2 Å². The molecule has 1 saturated heterocycles. The lowest BCUT2D eigenvalue weighted by molar-refractivity contribution is -0.122. The third-order valence-electron chi connectivity index (χ3n) is 5.71. The summed E-state index contributed by atoms with van der Waals surface area (Å²) in [7, 11) is 0. The zero-order chi connectivity index (χ0) is 27.4. The molecule has 0 unspecified atom stereocenters. The Bertz CT molecular complexity index is 1440. The number of hydrogen-bond acceptors (Lipinski definition) is 5. The molecule has 4 amide bonds. The maximum Gasteiger partial charge on any atom is 0.335 e. The SMILES string of the molecule is CCOc1cc(/C=C2/C(=O)NC(=O)N(c3ccc(CC)cc3)C2=O)cc(I)c1OCc1ccc(Cl)c(Cl)c1. The van der Waals surface area contributed by atoms with Crippen molar-refractivity contribution in [1.29, 1.82) is 0 Å². The number of nitrogens with one attached hydrogen (secondary N) is 1. The Kier molecular flexibility index (Phi) is 8.96. The van der Waals surface area contributed by atoms with Gasteiger partial charge >= 0.3 is 6.03 Å². The van der Waals surface area contributed by atoms with Gasteiger partial charge in [0.25, 0.3) is 11.8 Å². The molecular weight excluding hydrogens is 642 g/mol. The van der Waals surface area contributed by atoms with Crippen LogP contribution in [0.2, 0.25) is 10.0 Å². The van der Waals surface area contributed by atoms with Gasteiger partial charge in [0.1, 0.15) is 12.2 Å². The van der Waals surface area contributed by atoms with Gasteiger partial charge in [-0.3, -0.25) is 14.9 Å². The highest BCUT2D eigenvalue weighted by molar-refractivity contribution is 14.1. The van der Waals surface area contributed by atoms with E-state index in [1.54, 1.807) is 36.4 Å². The normalized spacial score (nSPS) is 14.6. The van der Waals surface area contributed by atoms with Crippen LogP contribution in [0.4, 0.5) is 10.5 Å². The van der Waals surface area contributed by atoms with Gasteiger partial charge in [0.05, 0.1) is 25.9 Å². The number of amides is 4. The predicted octanol–water partition coefficient (Wildman–Crippen LogP) is 6.80. The summed E-state index contributed by atoms with van der Waals surface area (Å²) in [5.74, 6) is -0.531. The first-order valence-corrected chi connectivity index (χ1v) is 13.6. The molecule has 10 heteroatoms. The van der Waals surface area contributed by atoms with Gasteiger partial charge in [0.2, 0.25) is 0 Å². The number of ether oxygens (including phenoxy) is 2. The highest BCUT2D eigenvalue weighted by Crippen LogP contribution is 2.36. The van der Waals surface area contributed by atoms with Crippen molar-refractivity contribution in [2.24, 2.45) is 0 Å². The van der Waals surface area contributed by atoms with E-state index in [2.05, 4.69) is 27.9 Å². The zero-order valence-corrected chi connectivity index (χ0v) is 24.2. The number of carbonyl (C=O) groups excluding carboxylic acids is 3. The molecule has 0 saturated carbocycles. The Balaban J connectivity index is 1.64. The first-order chi connectivity index (χ1) is 18.2. The van der Waals surface area contributed by atoms with Crippen molar-refractivity contribution in [2.45, 2.75) is 26.9 Å². The van der Waals surface area contributed by atoms with Crippen LogP contribution in [0, 0.1) is 3.57 Å². The maximum atomic E-state index is 13.3. The molecule has 1 fully saturated rings. The van der Waals surface area contributed by atoms with E-state index in [1.165, 1.54) is 6.08 Å². The van der Waals surface area contributed by atoms with Crippen molar-refractivity contribution in [3.8, 4) is 11.5 Å². The molecule has 7 nitrogen and oxygen atoms in total. The number of carbonyl (C=O) groups is 3. The average molecular weight is 665 g/mol. The molecule has 0 spiro atoms. The van der Waals surface area contributed by atoms with Crippen molar-refractivity contribution in [2.75, 3.05) is 11.5 Å². The molecule has 0 aromatic heterocycles. The summed E-state index contributed by atoms with van der Waals surface area (Å²) >= 11 is 14.2. The number of hydrogen-bond donors (Lipinski definition) is 1. The van der Waals surface area contributed by atoms with Crippen LogP contribution in [-0.2, 0) is 22.6 Å². The molecule has 0 bridgehead atoms. The van der Waals surface area contributed by atoms with E-state index < -0.39 is 17.8 Å². The largest absolute Gasteiger partial charge is 0.490 e. The molecule has 0 aliphatic carbocycles. The van der Waals surface area contributed by atoms with Gasteiger partial charge in [-0.25, -0.2) is 9.69 Å². The van der Waals surface area contributed by atoms with Gasteiger partial charge in [0.15, 0.2) is 11.5 Å². The van der Waals surface area contributed by atoms with Crippen LogP contribution in [0.3, 0.4) is 0 Å². The maximum absolute atomic E-state index is 13.3. The number of benzene rings is 3. The molecule has 3 aromatic carbocycles. The van der Waals surface area contributed by atoms with Gasteiger partial charge in [-0.1, -0.05) is 48.3 Å². The van der Waals surface area contributed by atoms with E-state index in [9.17, 15) is 14.4 Å². The molecule has 196 valence electrons. The summed E-state index contributed by atoms with van der Waals surface area (Å²) in [5.41, 5.74) is 2.62. The molecular formula is C28H23Cl2IN2O5. The number of urea groups is 1. The van der Waals surface area contributed by atoms with Crippen molar-refractivity contribution in [3.63, 3.8) is 0 Å². The van der Waals surface area contributed by atoms with Crippen LogP contribution in [0.15, 0.2) is 60.2 Å². The minimum Gasteiger partial charge on any atom is -0.490 e. The molecule has 1 heterocycles. The second kappa shape index (κ2) is 12.2. The Morgan fingerprint density at radius 3 is 2.29 bits per heavy atom. The third kappa shape index (κ3) is 6.14. The molecule has 3 aromatic rings. The van der Waals surface area contributed by atoms with Crippen LogP contribution in [0.1, 0.15) is 30.5 Å². The number of halogens is 3. The van der Waals surface area contributed by atoms with E-state index in [0.29, 0.717) is 43.0 Å². The van der Waals surface area contributed by atoms with Gasteiger partial charge in [0, 0.05) is 0 Å². The number of nitrogens with zero attached hydrogens (tertiary/aromatic N) is 1. The summed E-state index contributed by atoms with van der Waals surface area (Å²) < 4.78 is 12.5. The van der Waals surface area contributed by atoms with Crippen molar-refractivity contribution in [1.82, 2.24) is 5.32 Å². The topological polar surface area (TPSA) is 84.9 Å². The lowest BCUT2D eigenvalue weighted by Gasteiger charge is -2.26. The molecule has 1 N–H and O–H groups in total. The Morgan fingerprint density at radius 2 is 1.63 bits per heavy atom. The highest BCUT2D eigenvalue weighted by atomic mass is 127. The minimum atomic E-state index is -0.794. The molecule has 1 aliphatic rings. The second-order valence-corrected chi connectivity index (χ2v) is 10.3. The molecule has 4 rings (SSSR count). The fourth-order valence-corrected chi connectivity index (χ4v) is 4.90. The number of aryl methyl sites for hydroxylation is 1. The van der Waals surface area contributed by atoms with Crippen LogP contribution in [0.25, 0.3) is 6.08 Å². The van der Waals surface area contributed by atoms with Gasteiger partial charge in [-0.15, -0.1) is 0 Å². The molecule has 1 aliphatic heterocycles. The zero-order valence-electron chi connectivity index (χ0n) is 20.5. The average Bonchev–Trinajstić information content (AvgIpc) is 2.88. The first-order valence-electron chi connectivity index (χ1n) is 11.7. The summed E-state index contributed by atoms with van der Waals surface area (Å²) in [6, 6.07) is 14.9. The Hall–Kier alpha value is -3.08. The first kappa shape index (κ1) is 27.9. The van der Waals surface area contributed by atoms with Gasteiger partial charge in [-0.05, 0) is 95.1 Å². The number of rotatable bonds is 8. The lowest BCUT2D eigenvalue weighted by Crippen LogP contribution is -2.54. The van der Waals surface area contributed by atoms with Crippen molar-refractivity contribution < 1.29 is 23.9 Å². The number of barbiturate groups is 1. The predicted molar refractivity (Wildman–Crippen MR) is 156 cm³/mol. The lowest BCUT2D eigenvalue weighted by atomic mass is 10.1. The van der Waals surface area contributed by atoms with E-state index in [0.717, 1.165) is 22.4 Å². The monoisotopic (exact) mass is 664 g/mol. The van der Waals surface area contributed by atoms with Crippen LogP contribution in [0.5, 0.6) is 11.5 Å². The summed E-state index contributed by atoms with van der Waals surface area (Å²) in [5, 5.41) is 3.14. The van der Waals surface area contributed by atoms with E-state index in [4.69, 9.17) is 32.7 Å². The fourth-order valence-electron chi connectivity index (χ4n) is 3.80. The summed E-state index contributed by atoms with van der Waals surface area (Å²) in [6.07, 6.45) is 2.25. The summed E-state index contributed by atoms with van der Waals surface area (Å²) in [4.78, 5) is 39.4. The van der Waals surface area contributed by atoms with E-state index >= 15 is 0 Å².